The summed E-state index contributed by atoms with van der Waals surface area (Å²) >= 11 is 1.70. The van der Waals surface area contributed by atoms with E-state index in [1.807, 2.05) is 105 Å². The molecule has 290 valence electrons. The van der Waals surface area contributed by atoms with Crippen molar-refractivity contribution >= 4 is 35.8 Å². The van der Waals surface area contributed by atoms with Crippen LogP contribution in [0.15, 0.2) is 91.0 Å². The number of hydrogen-bond donors (Lipinski definition) is 3. The molecule has 0 bridgehead atoms. The lowest BCUT2D eigenvalue weighted by molar-refractivity contribution is -0.140. The third-order valence-corrected chi connectivity index (χ3v) is 11.4. The molecule has 0 radical (unpaired) electrons. The molecule has 3 aromatic rings. The standard InChI is InChI=1S/C42H54N4O7S/c1-29(2)38(40(49)46-21-19-34(20-22-46)45(3)42(51)52-26-32-17-11-6-12-18-32)44-39(48)33(23-30-13-7-4-8-14-30)25-37(47)36(24-31-15-9-5-10-16-31)43-41(50)53-35-27-54-28-35/h4-18,29,33-38,47H,19-28H2,1-3H3,(H,43,50)(H,44,48)/t33-,36-,37+,38-/m0/s1. The molecular formula is C42H54N4O7S. The molecule has 54 heavy (non-hydrogen) atoms. The molecule has 2 heterocycles. The van der Waals surface area contributed by atoms with E-state index in [0.29, 0.717) is 38.8 Å². The number of carbonyl (C=O) groups is 4. The Bertz CT molecular complexity index is 1640. The third kappa shape index (κ3) is 12.0. The van der Waals surface area contributed by atoms with E-state index < -0.39 is 36.3 Å². The number of amides is 4. The number of piperidine rings is 1. The maximum atomic E-state index is 14.2. The van der Waals surface area contributed by atoms with Crippen molar-refractivity contribution in [2.24, 2.45) is 11.8 Å². The Morgan fingerprint density at radius 2 is 1.39 bits per heavy atom. The van der Waals surface area contributed by atoms with Crippen LogP contribution in [0.25, 0.3) is 0 Å². The van der Waals surface area contributed by atoms with E-state index in [1.165, 1.54) is 0 Å². The Morgan fingerprint density at radius 1 is 0.833 bits per heavy atom. The number of aliphatic hydroxyl groups is 1. The predicted octanol–water partition coefficient (Wildman–Crippen LogP) is 5.45. The number of benzene rings is 3. The second-order valence-electron chi connectivity index (χ2n) is 14.6. The highest BCUT2D eigenvalue weighted by molar-refractivity contribution is 8.00. The SMILES string of the molecule is CC(C)[C@H](NC(=O)[C@@H](Cc1ccccc1)C[C@@H](O)[C@H](Cc1ccccc1)NC(=O)OC1CSC1)C(=O)N1CCC(N(C)C(=O)OCc2ccccc2)CC1. The predicted molar refractivity (Wildman–Crippen MR) is 210 cm³/mol. The largest absolute Gasteiger partial charge is 0.445 e. The van der Waals surface area contributed by atoms with Gasteiger partial charge in [0.05, 0.1) is 12.1 Å². The average Bonchev–Trinajstić information content (AvgIpc) is 3.17. The summed E-state index contributed by atoms with van der Waals surface area (Å²) < 4.78 is 11.1. The summed E-state index contributed by atoms with van der Waals surface area (Å²) in [5, 5.41) is 17.6. The topological polar surface area (TPSA) is 138 Å². The van der Waals surface area contributed by atoms with E-state index in [9.17, 15) is 24.3 Å². The van der Waals surface area contributed by atoms with Gasteiger partial charge in [-0.05, 0) is 54.7 Å². The maximum Gasteiger partial charge on any atom is 0.410 e. The summed E-state index contributed by atoms with van der Waals surface area (Å²) in [6.07, 6.45) is -0.329. The number of carbonyl (C=O) groups excluding carboxylic acids is 4. The molecule has 12 heteroatoms. The van der Waals surface area contributed by atoms with Gasteiger partial charge in [0.15, 0.2) is 0 Å². The van der Waals surface area contributed by atoms with Crippen LogP contribution in [0, 0.1) is 11.8 Å². The summed E-state index contributed by atoms with van der Waals surface area (Å²) in [7, 11) is 1.73. The van der Waals surface area contributed by atoms with Crippen molar-refractivity contribution in [2.75, 3.05) is 31.6 Å². The van der Waals surface area contributed by atoms with Gasteiger partial charge >= 0.3 is 12.2 Å². The normalized spacial score (nSPS) is 17.0. The number of alkyl carbamates (subject to hydrolysis) is 1. The quantitative estimate of drug-likeness (QED) is 0.176. The van der Waals surface area contributed by atoms with E-state index in [2.05, 4.69) is 10.6 Å². The molecule has 2 saturated heterocycles. The molecule has 4 amide bonds. The first-order valence-corrected chi connectivity index (χ1v) is 20.1. The fraction of sp³-hybridized carbons (Fsp3) is 0.476. The van der Waals surface area contributed by atoms with Gasteiger partial charge in [-0.15, -0.1) is 0 Å². The number of aliphatic hydroxyl groups excluding tert-OH is 1. The first kappa shape index (κ1) is 40.6. The lowest BCUT2D eigenvalue weighted by Crippen LogP contribution is -2.56. The van der Waals surface area contributed by atoms with Crippen molar-refractivity contribution in [1.82, 2.24) is 20.4 Å². The smallest absolute Gasteiger partial charge is 0.410 e. The molecule has 0 saturated carbocycles. The zero-order chi connectivity index (χ0) is 38.5. The van der Waals surface area contributed by atoms with Crippen LogP contribution >= 0.6 is 11.8 Å². The van der Waals surface area contributed by atoms with E-state index >= 15 is 0 Å². The summed E-state index contributed by atoms with van der Waals surface area (Å²) in [5.41, 5.74) is 2.75. The molecule has 0 unspecified atom stereocenters. The Morgan fingerprint density at radius 3 is 1.93 bits per heavy atom. The van der Waals surface area contributed by atoms with Gasteiger partial charge in [0, 0.05) is 43.6 Å². The number of nitrogens with one attached hydrogen (secondary N) is 2. The Hall–Kier alpha value is -4.55. The molecule has 5 rings (SSSR count). The summed E-state index contributed by atoms with van der Waals surface area (Å²) in [6, 6.07) is 27.1. The monoisotopic (exact) mass is 758 g/mol. The number of rotatable bonds is 16. The summed E-state index contributed by atoms with van der Waals surface area (Å²) in [4.78, 5) is 57.2. The maximum absolute atomic E-state index is 14.2. The molecule has 2 aliphatic heterocycles. The first-order chi connectivity index (χ1) is 26.1. The number of thioether (sulfide) groups is 1. The first-order valence-electron chi connectivity index (χ1n) is 18.9. The fourth-order valence-electron chi connectivity index (χ4n) is 6.83. The second kappa shape index (κ2) is 20.2. The van der Waals surface area contributed by atoms with Crippen LogP contribution in [0.5, 0.6) is 0 Å². The molecule has 3 N–H and O–H groups in total. The van der Waals surface area contributed by atoms with E-state index in [-0.39, 0.29) is 42.9 Å². The number of likely N-dealkylation sites (tertiary alicyclic amines) is 1. The number of hydrogen-bond acceptors (Lipinski definition) is 8. The lowest BCUT2D eigenvalue weighted by atomic mass is 9.88. The van der Waals surface area contributed by atoms with Crippen LogP contribution < -0.4 is 10.6 Å². The minimum Gasteiger partial charge on any atom is -0.445 e. The highest BCUT2D eigenvalue weighted by Gasteiger charge is 2.36. The molecule has 0 aromatic heterocycles. The molecular weight excluding hydrogens is 705 g/mol. The number of ether oxygens (including phenoxy) is 2. The average molecular weight is 759 g/mol. The van der Waals surface area contributed by atoms with Crippen LogP contribution in [-0.4, -0.2) is 101 Å². The Kier molecular flexibility index (Phi) is 15.2. The van der Waals surface area contributed by atoms with Crippen LogP contribution in [-0.2, 0) is 38.5 Å². The van der Waals surface area contributed by atoms with Crippen LogP contribution in [0.1, 0.15) is 49.8 Å². The van der Waals surface area contributed by atoms with E-state index in [1.54, 1.807) is 28.6 Å². The zero-order valence-corrected chi connectivity index (χ0v) is 32.3. The molecule has 11 nitrogen and oxygen atoms in total. The number of nitrogens with zero attached hydrogens (tertiary/aromatic N) is 2. The van der Waals surface area contributed by atoms with Gasteiger partial charge in [-0.2, -0.15) is 11.8 Å². The molecule has 3 aromatic carbocycles. The van der Waals surface area contributed by atoms with Crippen LogP contribution in [0.2, 0.25) is 0 Å². The highest BCUT2D eigenvalue weighted by Crippen LogP contribution is 2.24. The summed E-state index contributed by atoms with van der Waals surface area (Å²) in [6.45, 7) is 4.87. The molecule has 0 spiro atoms. The van der Waals surface area contributed by atoms with Gasteiger partial charge in [0.1, 0.15) is 18.8 Å². The van der Waals surface area contributed by atoms with Gasteiger partial charge in [0.25, 0.3) is 0 Å². The van der Waals surface area contributed by atoms with Crippen molar-refractivity contribution in [2.45, 2.75) is 82.9 Å². The second-order valence-corrected chi connectivity index (χ2v) is 15.7. The van der Waals surface area contributed by atoms with Crippen LogP contribution in [0.3, 0.4) is 0 Å². The molecule has 2 fully saturated rings. The minimum atomic E-state index is -1.09. The Labute approximate surface area is 323 Å². The fourth-order valence-corrected chi connectivity index (χ4v) is 7.40. The van der Waals surface area contributed by atoms with Crippen molar-refractivity contribution in [1.29, 1.82) is 0 Å². The van der Waals surface area contributed by atoms with Gasteiger partial charge in [-0.1, -0.05) is 105 Å². The highest BCUT2D eigenvalue weighted by atomic mass is 32.2. The van der Waals surface area contributed by atoms with Gasteiger partial charge in [0.2, 0.25) is 11.8 Å². The van der Waals surface area contributed by atoms with E-state index in [4.69, 9.17) is 9.47 Å². The van der Waals surface area contributed by atoms with Gasteiger partial charge in [-0.3, -0.25) is 9.59 Å². The Balaban J connectivity index is 1.22. The molecule has 0 aliphatic carbocycles. The lowest BCUT2D eigenvalue weighted by Gasteiger charge is -2.38. The van der Waals surface area contributed by atoms with Crippen molar-refractivity contribution in [3.63, 3.8) is 0 Å². The zero-order valence-electron chi connectivity index (χ0n) is 31.5. The van der Waals surface area contributed by atoms with Crippen molar-refractivity contribution < 1.29 is 33.8 Å². The molecule has 2 aliphatic rings. The van der Waals surface area contributed by atoms with Gasteiger partial charge < -0.3 is 35.0 Å². The molecule has 4 atom stereocenters. The van der Waals surface area contributed by atoms with E-state index in [0.717, 1.165) is 28.2 Å². The van der Waals surface area contributed by atoms with Crippen molar-refractivity contribution in [3.05, 3.63) is 108 Å². The third-order valence-electron chi connectivity index (χ3n) is 10.2. The van der Waals surface area contributed by atoms with Crippen LogP contribution in [0.4, 0.5) is 9.59 Å². The van der Waals surface area contributed by atoms with Crippen molar-refractivity contribution in [3.8, 4) is 0 Å². The minimum absolute atomic E-state index is 0.0505. The summed E-state index contributed by atoms with van der Waals surface area (Å²) in [5.74, 6) is 0.0698. The van der Waals surface area contributed by atoms with Gasteiger partial charge in [-0.25, -0.2) is 9.59 Å².